The second-order valence-corrected chi connectivity index (χ2v) is 5.56. The van der Waals surface area contributed by atoms with Crippen LogP contribution in [-0.4, -0.2) is 26.2 Å². The van der Waals surface area contributed by atoms with Crippen LogP contribution in [0.4, 0.5) is 0 Å². The minimum Gasteiger partial charge on any atom is -0.469 e. The Balaban J connectivity index is 2.48. The van der Waals surface area contributed by atoms with Gasteiger partial charge in [0.25, 0.3) is 0 Å². The largest absolute Gasteiger partial charge is 0.469 e. The maximum atomic E-state index is 12.8. The third-order valence-electron chi connectivity index (χ3n) is 4.23. The van der Waals surface area contributed by atoms with Crippen molar-refractivity contribution in [3.8, 4) is 0 Å². The van der Waals surface area contributed by atoms with Crippen molar-refractivity contribution >= 4 is 11.9 Å². The van der Waals surface area contributed by atoms with Gasteiger partial charge in [0.05, 0.1) is 14.2 Å². The van der Waals surface area contributed by atoms with E-state index in [0.717, 1.165) is 11.1 Å². The molecule has 4 nitrogen and oxygen atoms in total. The van der Waals surface area contributed by atoms with Crippen LogP contribution in [-0.2, 0) is 24.5 Å². The van der Waals surface area contributed by atoms with Crippen molar-refractivity contribution in [2.45, 2.75) is 24.7 Å². The lowest BCUT2D eigenvalue weighted by atomic mass is 9.71. The molecule has 0 spiro atoms. The molecule has 0 saturated carbocycles. The predicted molar refractivity (Wildman–Crippen MR) is 91.5 cm³/mol. The van der Waals surface area contributed by atoms with Gasteiger partial charge in [0.1, 0.15) is 5.41 Å². The van der Waals surface area contributed by atoms with Crippen LogP contribution in [0.1, 0.15) is 30.4 Å². The van der Waals surface area contributed by atoms with Gasteiger partial charge in [0, 0.05) is 6.42 Å². The summed E-state index contributed by atoms with van der Waals surface area (Å²) in [6.45, 7) is 0. The number of rotatable bonds is 7. The summed E-state index contributed by atoms with van der Waals surface area (Å²) < 4.78 is 9.86. The zero-order chi connectivity index (χ0) is 17.4. The normalized spacial score (nSPS) is 10.9. The summed E-state index contributed by atoms with van der Waals surface area (Å²) >= 11 is 0. The smallest absolute Gasteiger partial charge is 0.320 e. The minimum atomic E-state index is -0.939. The summed E-state index contributed by atoms with van der Waals surface area (Å²) in [5.74, 6) is -0.611. The topological polar surface area (TPSA) is 52.6 Å². The molecule has 24 heavy (non-hydrogen) atoms. The van der Waals surface area contributed by atoms with Crippen LogP contribution in [0.15, 0.2) is 60.7 Å². The Bertz CT molecular complexity index is 625. The third kappa shape index (κ3) is 3.65. The molecule has 0 amide bonds. The Morgan fingerprint density at radius 1 is 0.833 bits per heavy atom. The van der Waals surface area contributed by atoms with Gasteiger partial charge in [-0.2, -0.15) is 0 Å². The highest BCUT2D eigenvalue weighted by Crippen LogP contribution is 2.38. The maximum absolute atomic E-state index is 12.8. The van der Waals surface area contributed by atoms with Crippen molar-refractivity contribution in [2.24, 2.45) is 0 Å². The number of carbonyl (C=O) groups is 2. The van der Waals surface area contributed by atoms with E-state index in [9.17, 15) is 9.59 Å². The Kier molecular flexibility index (Phi) is 6.13. The zero-order valence-corrected chi connectivity index (χ0v) is 14.0. The Hall–Kier alpha value is -2.62. The molecule has 2 rings (SSSR count). The molecular formula is C20H22O4. The zero-order valence-electron chi connectivity index (χ0n) is 14.0. The van der Waals surface area contributed by atoms with Gasteiger partial charge in [-0.15, -0.1) is 0 Å². The molecule has 0 saturated heterocycles. The lowest BCUT2D eigenvalue weighted by Gasteiger charge is -2.32. The molecule has 4 heteroatoms. The van der Waals surface area contributed by atoms with Crippen LogP contribution < -0.4 is 0 Å². The van der Waals surface area contributed by atoms with Crippen LogP contribution in [0.3, 0.4) is 0 Å². The Labute approximate surface area is 142 Å². The Morgan fingerprint density at radius 2 is 1.33 bits per heavy atom. The molecule has 0 fully saturated rings. The second-order valence-electron chi connectivity index (χ2n) is 5.56. The quantitative estimate of drug-likeness (QED) is 0.731. The average Bonchev–Trinajstić information content (AvgIpc) is 2.66. The van der Waals surface area contributed by atoms with Gasteiger partial charge < -0.3 is 9.47 Å². The van der Waals surface area contributed by atoms with Gasteiger partial charge in [0.2, 0.25) is 0 Å². The fraction of sp³-hybridized carbons (Fsp3) is 0.300. The highest BCUT2D eigenvalue weighted by Gasteiger charge is 2.42. The highest BCUT2D eigenvalue weighted by molar-refractivity contribution is 5.87. The lowest BCUT2D eigenvalue weighted by Crippen LogP contribution is -2.38. The molecule has 0 aromatic heterocycles. The molecule has 0 N–H and O–H groups in total. The average molecular weight is 326 g/mol. The van der Waals surface area contributed by atoms with E-state index in [1.807, 2.05) is 60.7 Å². The SMILES string of the molecule is COC(=O)CCCC(C(=O)OC)(c1ccccc1)c1ccccc1. The van der Waals surface area contributed by atoms with Gasteiger partial charge in [-0.1, -0.05) is 60.7 Å². The number of hydrogen-bond donors (Lipinski definition) is 0. The van der Waals surface area contributed by atoms with Crippen molar-refractivity contribution in [1.82, 2.24) is 0 Å². The van der Waals surface area contributed by atoms with Gasteiger partial charge in [-0.3, -0.25) is 9.59 Å². The van der Waals surface area contributed by atoms with Gasteiger partial charge in [-0.05, 0) is 24.0 Å². The molecule has 0 unspecified atom stereocenters. The molecule has 0 radical (unpaired) electrons. The van der Waals surface area contributed by atoms with E-state index in [4.69, 9.17) is 9.47 Å². The first kappa shape index (κ1) is 17.7. The number of ether oxygens (including phenoxy) is 2. The van der Waals surface area contributed by atoms with Crippen molar-refractivity contribution in [3.05, 3.63) is 71.8 Å². The summed E-state index contributed by atoms with van der Waals surface area (Å²) in [4.78, 5) is 24.3. The Morgan fingerprint density at radius 3 is 1.75 bits per heavy atom. The highest BCUT2D eigenvalue weighted by atomic mass is 16.5. The first-order valence-electron chi connectivity index (χ1n) is 7.91. The molecule has 2 aromatic carbocycles. The first-order chi connectivity index (χ1) is 11.6. The van der Waals surface area contributed by atoms with Crippen LogP contribution in [0.25, 0.3) is 0 Å². The van der Waals surface area contributed by atoms with Gasteiger partial charge in [-0.25, -0.2) is 0 Å². The van der Waals surface area contributed by atoms with Crippen molar-refractivity contribution in [2.75, 3.05) is 14.2 Å². The van der Waals surface area contributed by atoms with Gasteiger partial charge in [0.15, 0.2) is 0 Å². The number of methoxy groups -OCH3 is 2. The molecule has 126 valence electrons. The fourth-order valence-corrected chi connectivity index (χ4v) is 3.01. The molecule has 0 aliphatic carbocycles. The van der Waals surface area contributed by atoms with Crippen LogP contribution >= 0.6 is 0 Å². The number of esters is 2. The minimum absolute atomic E-state index is 0.259. The number of benzene rings is 2. The van der Waals surface area contributed by atoms with Crippen LogP contribution in [0.2, 0.25) is 0 Å². The van der Waals surface area contributed by atoms with E-state index >= 15 is 0 Å². The van der Waals surface area contributed by atoms with E-state index in [1.54, 1.807) is 0 Å². The summed E-state index contributed by atoms with van der Waals surface area (Å²) in [6, 6.07) is 19.1. The summed E-state index contributed by atoms with van der Waals surface area (Å²) in [5, 5.41) is 0. The van der Waals surface area contributed by atoms with Crippen molar-refractivity contribution in [1.29, 1.82) is 0 Å². The van der Waals surface area contributed by atoms with E-state index < -0.39 is 5.41 Å². The van der Waals surface area contributed by atoms with E-state index in [-0.39, 0.29) is 18.4 Å². The molecule has 2 aromatic rings. The molecule has 0 aliphatic rings. The first-order valence-corrected chi connectivity index (χ1v) is 7.91. The number of carbonyl (C=O) groups excluding carboxylic acids is 2. The van der Waals surface area contributed by atoms with Crippen molar-refractivity contribution in [3.63, 3.8) is 0 Å². The van der Waals surface area contributed by atoms with Crippen LogP contribution in [0.5, 0.6) is 0 Å². The molecule has 0 atom stereocenters. The standard InChI is InChI=1S/C20H22O4/c1-23-18(21)14-9-15-20(19(22)24-2,16-10-5-3-6-11-16)17-12-7-4-8-13-17/h3-8,10-13H,9,14-15H2,1-2H3. The summed E-state index contributed by atoms with van der Waals surface area (Å²) in [7, 11) is 2.76. The monoisotopic (exact) mass is 326 g/mol. The predicted octanol–water partition coefficient (Wildman–Crippen LogP) is 3.49. The van der Waals surface area contributed by atoms with E-state index in [1.165, 1.54) is 14.2 Å². The number of hydrogen-bond acceptors (Lipinski definition) is 4. The molecule has 0 aliphatic heterocycles. The van der Waals surface area contributed by atoms with Crippen molar-refractivity contribution < 1.29 is 19.1 Å². The summed E-state index contributed by atoms with van der Waals surface area (Å²) in [6.07, 6.45) is 1.24. The fourth-order valence-electron chi connectivity index (χ4n) is 3.01. The van der Waals surface area contributed by atoms with E-state index in [0.29, 0.717) is 12.8 Å². The van der Waals surface area contributed by atoms with E-state index in [2.05, 4.69) is 0 Å². The van der Waals surface area contributed by atoms with Gasteiger partial charge >= 0.3 is 11.9 Å². The lowest BCUT2D eigenvalue weighted by molar-refractivity contribution is -0.147. The molecule has 0 bridgehead atoms. The third-order valence-corrected chi connectivity index (χ3v) is 4.23. The molecular weight excluding hydrogens is 304 g/mol. The van der Waals surface area contributed by atoms with Crippen LogP contribution in [0, 0.1) is 0 Å². The maximum Gasteiger partial charge on any atom is 0.320 e. The summed E-state index contributed by atoms with van der Waals surface area (Å²) in [5.41, 5.74) is 0.770. The molecule has 0 heterocycles. The second kappa shape index (κ2) is 8.29.